The van der Waals surface area contributed by atoms with Crippen LogP contribution in [0.4, 0.5) is 4.79 Å². The number of amides is 2. The Bertz CT molecular complexity index is 480. The van der Waals surface area contributed by atoms with Gasteiger partial charge in [-0.1, -0.05) is 0 Å². The van der Waals surface area contributed by atoms with Crippen LogP contribution in [-0.2, 0) is 14.6 Å². The first-order valence-corrected chi connectivity index (χ1v) is 7.47. The minimum Gasteiger partial charge on any atom is -0.481 e. The zero-order chi connectivity index (χ0) is 13.6. The number of sulfone groups is 1. The van der Waals surface area contributed by atoms with E-state index >= 15 is 0 Å². The Morgan fingerprint density at radius 1 is 1.44 bits per heavy atom. The van der Waals surface area contributed by atoms with E-state index in [1.807, 2.05) is 0 Å². The summed E-state index contributed by atoms with van der Waals surface area (Å²) in [4.78, 5) is 24.0. The van der Waals surface area contributed by atoms with Crippen molar-refractivity contribution in [1.82, 2.24) is 10.2 Å². The number of carboxylic acids is 1. The molecule has 2 aliphatic heterocycles. The van der Waals surface area contributed by atoms with Gasteiger partial charge >= 0.3 is 12.0 Å². The molecule has 2 N–H and O–H groups in total. The highest BCUT2D eigenvalue weighted by Crippen LogP contribution is 2.44. The number of carboxylic acid groups (broad SMARTS) is 1. The van der Waals surface area contributed by atoms with Crippen molar-refractivity contribution in [2.24, 2.45) is 5.92 Å². The molecule has 0 radical (unpaired) electrons. The molecule has 2 rings (SSSR count). The average molecular weight is 276 g/mol. The van der Waals surface area contributed by atoms with Crippen molar-refractivity contribution in [3.8, 4) is 0 Å². The van der Waals surface area contributed by atoms with Gasteiger partial charge in [0, 0.05) is 19.6 Å². The van der Waals surface area contributed by atoms with Gasteiger partial charge in [0.25, 0.3) is 0 Å². The van der Waals surface area contributed by atoms with Gasteiger partial charge in [0.1, 0.15) is 4.75 Å². The third-order valence-corrected chi connectivity index (χ3v) is 6.31. The van der Waals surface area contributed by atoms with Gasteiger partial charge in [-0.15, -0.1) is 0 Å². The highest BCUT2D eigenvalue weighted by molar-refractivity contribution is 7.93. The molecule has 2 aliphatic rings. The molecule has 0 aliphatic carbocycles. The number of likely N-dealkylation sites (tertiary alicyclic amines) is 1. The van der Waals surface area contributed by atoms with E-state index in [4.69, 9.17) is 5.11 Å². The van der Waals surface area contributed by atoms with Gasteiger partial charge in [-0.25, -0.2) is 13.2 Å². The molecule has 8 heteroatoms. The topological polar surface area (TPSA) is 104 Å². The van der Waals surface area contributed by atoms with Gasteiger partial charge in [-0.3, -0.25) is 4.79 Å². The van der Waals surface area contributed by atoms with Crippen LogP contribution in [0.2, 0.25) is 0 Å². The minimum atomic E-state index is -3.43. The first-order chi connectivity index (χ1) is 8.34. The fourth-order valence-electron chi connectivity index (χ4n) is 2.73. The van der Waals surface area contributed by atoms with Crippen LogP contribution in [0.5, 0.6) is 0 Å². The maximum Gasteiger partial charge on any atom is 0.317 e. The van der Waals surface area contributed by atoms with E-state index in [1.165, 1.54) is 4.90 Å². The quantitative estimate of drug-likeness (QED) is 0.693. The van der Waals surface area contributed by atoms with E-state index in [2.05, 4.69) is 5.32 Å². The summed E-state index contributed by atoms with van der Waals surface area (Å²) in [7, 11) is -3.43. The van der Waals surface area contributed by atoms with E-state index < -0.39 is 26.5 Å². The molecule has 2 fully saturated rings. The molecule has 0 bridgehead atoms. The predicted octanol–water partition coefficient (Wildman–Crippen LogP) is -0.710. The molecule has 0 aromatic heterocycles. The molecule has 1 spiro atoms. The second-order valence-electron chi connectivity index (χ2n) is 4.75. The lowest BCUT2D eigenvalue weighted by atomic mass is 9.83. The van der Waals surface area contributed by atoms with E-state index in [0.29, 0.717) is 6.54 Å². The van der Waals surface area contributed by atoms with Crippen molar-refractivity contribution in [2.75, 3.05) is 25.4 Å². The lowest BCUT2D eigenvalue weighted by Gasteiger charge is -2.48. The zero-order valence-corrected chi connectivity index (χ0v) is 10.9. The SMILES string of the molecule is CCNC(=O)N1CC2(C1)C(C(=O)O)CCS2(=O)=O. The van der Waals surface area contributed by atoms with Crippen molar-refractivity contribution >= 4 is 21.8 Å². The summed E-state index contributed by atoms with van der Waals surface area (Å²) in [5.74, 6) is -2.09. The number of rotatable bonds is 2. The largest absolute Gasteiger partial charge is 0.481 e. The number of nitrogens with zero attached hydrogens (tertiary/aromatic N) is 1. The van der Waals surface area contributed by atoms with Crippen LogP contribution < -0.4 is 5.32 Å². The molecule has 1 unspecified atom stereocenters. The zero-order valence-electron chi connectivity index (χ0n) is 10.0. The molecular weight excluding hydrogens is 260 g/mol. The molecule has 7 nitrogen and oxygen atoms in total. The predicted molar refractivity (Wildman–Crippen MR) is 62.9 cm³/mol. The molecule has 102 valence electrons. The van der Waals surface area contributed by atoms with Crippen LogP contribution in [0.15, 0.2) is 0 Å². The number of aliphatic carboxylic acids is 1. The van der Waals surface area contributed by atoms with Crippen LogP contribution in [0.1, 0.15) is 13.3 Å². The lowest BCUT2D eigenvalue weighted by Crippen LogP contribution is -2.70. The van der Waals surface area contributed by atoms with Crippen LogP contribution in [-0.4, -0.2) is 60.6 Å². The first kappa shape index (κ1) is 13.1. The standard InChI is InChI=1S/C10H16N2O5S/c1-2-11-9(15)12-5-10(6-12)7(8(13)14)3-4-18(10,16)17/h7H,2-6H2,1H3,(H,11,15)(H,13,14). The Balaban J connectivity index is 2.17. The summed E-state index contributed by atoms with van der Waals surface area (Å²) in [5, 5.41) is 11.7. The van der Waals surface area contributed by atoms with E-state index in [0.717, 1.165) is 0 Å². The maximum absolute atomic E-state index is 12.0. The van der Waals surface area contributed by atoms with Crippen LogP contribution in [0.25, 0.3) is 0 Å². The number of urea groups is 1. The van der Waals surface area contributed by atoms with Crippen molar-refractivity contribution in [3.05, 3.63) is 0 Å². The second kappa shape index (κ2) is 4.11. The van der Waals surface area contributed by atoms with Gasteiger partial charge in [0.2, 0.25) is 0 Å². The van der Waals surface area contributed by atoms with E-state index in [1.54, 1.807) is 6.92 Å². The molecule has 2 amide bonds. The Hall–Kier alpha value is -1.31. The Morgan fingerprint density at radius 3 is 2.56 bits per heavy atom. The number of hydrogen-bond donors (Lipinski definition) is 2. The number of hydrogen-bond acceptors (Lipinski definition) is 4. The minimum absolute atomic E-state index is 0.0157. The lowest BCUT2D eigenvalue weighted by molar-refractivity contribution is -0.144. The monoisotopic (exact) mass is 276 g/mol. The van der Waals surface area contributed by atoms with Crippen LogP contribution >= 0.6 is 0 Å². The molecule has 1 atom stereocenters. The Labute approximate surface area is 105 Å². The molecule has 18 heavy (non-hydrogen) atoms. The third-order valence-electron chi connectivity index (χ3n) is 3.76. The third kappa shape index (κ3) is 1.66. The van der Waals surface area contributed by atoms with Gasteiger partial charge in [-0.2, -0.15) is 0 Å². The van der Waals surface area contributed by atoms with Crippen molar-refractivity contribution < 1.29 is 23.1 Å². The van der Waals surface area contributed by atoms with Gasteiger partial charge in [0.15, 0.2) is 9.84 Å². The van der Waals surface area contributed by atoms with Gasteiger partial charge in [0.05, 0.1) is 11.7 Å². The number of carbonyl (C=O) groups excluding carboxylic acids is 1. The molecule has 0 saturated carbocycles. The average Bonchev–Trinajstić information content (AvgIpc) is 2.47. The summed E-state index contributed by atoms with van der Waals surface area (Å²) in [6.07, 6.45) is 0.140. The second-order valence-corrected chi connectivity index (χ2v) is 7.21. The van der Waals surface area contributed by atoms with Gasteiger partial charge in [-0.05, 0) is 13.3 Å². The smallest absolute Gasteiger partial charge is 0.317 e. The Kier molecular flexibility index (Phi) is 3.00. The van der Waals surface area contributed by atoms with Crippen LogP contribution in [0, 0.1) is 5.92 Å². The first-order valence-electron chi connectivity index (χ1n) is 5.82. The number of carbonyl (C=O) groups is 2. The normalized spacial score (nSPS) is 27.8. The fourth-order valence-corrected chi connectivity index (χ4v) is 5.04. The molecular formula is C10H16N2O5S. The molecule has 0 aromatic carbocycles. The molecule has 2 saturated heterocycles. The molecule has 0 aromatic rings. The highest BCUT2D eigenvalue weighted by atomic mass is 32.2. The molecule has 2 heterocycles. The highest BCUT2D eigenvalue weighted by Gasteiger charge is 2.64. The van der Waals surface area contributed by atoms with Gasteiger partial charge < -0.3 is 15.3 Å². The maximum atomic E-state index is 12.0. The fraction of sp³-hybridized carbons (Fsp3) is 0.800. The summed E-state index contributed by atoms with van der Waals surface area (Å²) in [5.41, 5.74) is 0. The summed E-state index contributed by atoms with van der Waals surface area (Å²) in [6, 6.07) is -0.339. The van der Waals surface area contributed by atoms with Crippen LogP contribution in [0.3, 0.4) is 0 Å². The van der Waals surface area contributed by atoms with E-state index in [9.17, 15) is 18.0 Å². The summed E-state index contributed by atoms with van der Waals surface area (Å²) < 4.78 is 22.7. The van der Waals surface area contributed by atoms with E-state index in [-0.39, 0.29) is 31.3 Å². The van der Waals surface area contributed by atoms with Crippen molar-refractivity contribution in [3.63, 3.8) is 0 Å². The van der Waals surface area contributed by atoms with Crippen molar-refractivity contribution in [2.45, 2.75) is 18.1 Å². The summed E-state index contributed by atoms with van der Waals surface area (Å²) >= 11 is 0. The Morgan fingerprint density at radius 2 is 2.06 bits per heavy atom. The summed E-state index contributed by atoms with van der Waals surface area (Å²) in [6.45, 7) is 2.19. The van der Waals surface area contributed by atoms with Crippen molar-refractivity contribution in [1.29, 1.82) is 0 Å². The number of nitrogens with one attached hydrogen (secondary N) is 1.